The van der Waals surface area contributed by atoms with Crippen molar-refractivity contribution < 1.29 is 8.78 Å². The van der Waals surface area contributed by atoms with Crippen molar-refractivity contribution in [2.24, 2.45) is 0 Å². The fourth-order valence-electron chi connectivity index (χ4n) is 4.64. The van der Waals surface area contributed by atoms with Crippen LogP contribution in [0.3, 0.4) is 0 Å². The summed E-state index contributed by atoms with van der Waals surface area (Å²) < 4.78 is 29.8. The van der Waals surface area contributed by atoms with E-state index in [2.05, 4.69) is 43.1 Å². The number of rotatable bonds is 4. The molecule has 0 unspecified atom stereocenters. The van der Waals surface area contributed by atoms with Crippen LogP contribution in [0.15, 0.2) is 61.3 Å². The molecule has 1 aliphatic rings. The van der Waals surface area contributed by atoms with Crippen LogP contribution in [0.4, 0.5) is 14.6 Å². The number of nitrogens with zero attached hydrogens (tertiary/aromatic N) is 7. The van der Waals surface area contributed by atoms with E-state index in [-0.39, 0.29) is 5.69 Å². The maximum absolute atomic E-state index is 14.5. The second-order valence-corrected chi connectivity index (χ2v) is 8.97. The largest absolute Gasteiger partial charge is 0.355 e. The van der Waals surface area contributed by atoms with Gasteiger partial charge in [-0.05, 0) is 50.3 Å². The molecular weight excluding hydrogens is 462 g/mol. The van der Waals surface area contributed by atoms with Crippen molar-refractivity contribution in [1.29, 1.82) is 0 Å². The van der Waals surface area contributed by atoms with Crippen molar-refractivity contribution in [2.75, 3.05) is 38.1 Å². The lowest BCUT2D eigenvalue weighted by atomic mass is 10.1. The van der Waals surface area contributed by atoms with E-state index in [1.54, 1.807) is 12.4 Å². The number of nitrogens with one attached hydrogen (secondary N) is 1. The van der Waals surface area contributed by atoms with Crippen LogP contribution in [0.2, 0.25) is 0 Å². The number of hydrogen-bond donors (Lipinski definition) is 1. The van der Waals surface area contributed by atoms with Gasteiger partial charge in [0.2, 0.25) is 0 Å². The SMILES string of the molecule is CN1CCCN(c2ccc(-c3cnc4[nH]cc(-c5nncn5-c5cccc(F)c5F)c4c3)cn2)CC1. The minimum absolute atomic E-state index is 0.0351. The molecule has 0 aliphatic carbocycles. The van der Waals surface area contributed by atoms with Crippen molar-refractivity contribution in [3.63, 3.8) is 0 Å². The molecule has 0 saturated carbocycles. The lowest BCUT2D eigenvalue weighted by Crippen LogP contribution is -2.29. The molecule has 0 atom stereocenters. The van der Waals surface area contributed by atoms with Crippen molar-refractivity contribution in [3.05, 3.63) is 73.0 Å². The first-order valence-electron chi connectivity index (χ1n) is 11.8. The summed E-state index contributed by atoms with van der Waals surface area (Å²) >= 11 is 0. The first-order valence-corrected chi connectivity index (χ1v) is 11.8. The van der Waals surface area contributed by atoms with E-state index in [0.29, 0.717) is 17.0 Å². The third kappa shape index (κ3) is 3.99. The van der Waals surface area contributed by atoms with E-state index in [4.69, 9.17) is 4.98 Å². The lowest BCUT2D eigenvalue weighted by Gasteiger charge is -2.21. The molecule has 1 aromatic carbocycles. The zero-order valence-corrected chi connectivity index (χ0v) is 19.7. The zero-order valence-electron chi connectivity index (χ0n) is 19.7. The smallest absolute Gasteiger partial charge is 0.182 e. The molecule has 5 aromatic rings. The fourth-order valence-corrected chi connectivity index (χ4v) is 4.64. The third-order valence-corrected chi connectivity index (χ3v) is 6.64. The van der Waals surface area contributed by atoms with Crippen LogP contribution >= 0.6 is 0 Å². The molecule has 1 fully saturated rings. The average molecular weight is 487 g/mol. The van der Waals surface area contributed by atoms with E-state index in [0.717, 1.165) is 61.0 Å². The Morgan fingerprint density at radius 1 is 0.944 bits per heavy atom. The Morgan fingerprint density at radius 2 is 1.83 bits per heavy atom. The highest BCUT2D eigenvalue weighted by atomic mass is 19.2. The molecule has 36 heavy (non-hydrogen) atoms. The summed E-state index contributed by atoms with van der Waals surface area (Å²) in [7, 11) is 2.15. The second-order valence-electron chi connectivity index (χ2n) is 8.97. The molecule has 0 spiro atoms. The van der Waals surface area contributed by atoms with Crippen LogP contribution in [0.1, 0.15) is 6.42 Å². The molecular formula is C26H24F2N8. The van der Waals surface area contributed by atoms with Gasteiger partial charge in [0.25, 0.3) is 0 Å². The van der Waals surface area contributed by atoms with Crippen molar-refractivity contribution in [3.8, 4) is 28.2 Å². The van der Waals surface area contributed by atoms with Gasteiger partial charge in [0.15, 0.2) is 17.5 Å². The standard InChI is InChI=1S/C26H24F2N8/c1-34-8-3-9-35(11-10-34)23-7-6-17(13-29-23)18-12-19-20(15-31-25(19)30-14-18)26-33-32-16-36(26)22-5-2-4-21(27)24(22)28/h2,4-7,12-16H,3,8-11H2,1H3,(H,30,31). The van der Waals surface area contributed by atoms with Gasteiger partial charge in [-0.1, -0.05) is 6.07 Å². The van der Waals surface area contributed by atoms with Crippen LogP contribution in [-0.4, -0.2) is 67.8 Å². The van der Waals surface area contributed by atoms with Crippen LogP contribution < -0.4 is 4.90 Å². The van der Waals surface area contributed by atoms with Gasteiger partial charge in [-0.2, -0.15) is 0 Å². The van der Waals surface area contributed by atoms with Crippen molar-refractivity contribution in [2.45, 2.75) is 6.42 Å². The summed E-state index contributed by atoms with van der Waals surface area (Å²) in [5.74, 6) is -0.544. The van der Waals surface area contributed by atoms with Gasteiger partial charge in [0, 0.05) is 60.3 Å². The van der Waals surface area contributed by atoms with Gasteiger partial charge in [-0.25, -0.2) is 18.7 Å². The summed E-state index contributed by atoms with van der Waals surface area (Å²) in [4.78, 5) is 17.1. The molecule has 6 rings (SSSR count). The summed E-state index contributed by atoms with van der Waals surface area (Å²) in [5, 5.41) is 8.93. The number of anilines is 1. The Bertz CT molecular complexity index is 1530. The second kappa shape index (κ2) is 9.12. The minimum Gasteiger partial charge on any atom is -0.355 e. The number of benzene rings is 1. The van der Waals surface area contributed by atoms with Gasteiger partial charge in [0.05, 0.1) is 5.69 Å². The number of hydrogen-bond acceptors (Lipinski definition) is 6. The zero-order chi connectivity index (χ0) is 24.6. The Balaban J connectivity index is 1.34. The summed E-state index contributed by atoms with van der Waals surface area (Å²) in [5.41, 5.74) is 3.19. The molecule has 0 radical (unpaired) electrons. The first-order chi connectivity index (χ1) is 17.6. The van der Waals surface area contributed by atoms with Gasteiger partial charge in [-0.3, -0.25) is 4.57 Å². The summed E-state index contributed by atoms with van der Waals surface area (Å²) in [6.07, 6.45) is 7.88. The minimum atomic E-state index is -0.959. The van der Waals surface area contributed by atoms with E-state index < -0.39 is 11.6 Å². The van der Waals surface area contributed by atoms with Gasteiger partial charge < -0.3 is 14.8 Å². The lowest BCUT2D eigenvalue weighted by molar-refractivity contribution is 0.360. The first kappa shape index (κ1) is 22.3. The topological polar surface area (TPSA) is 78.8 Å². The molecule has 8 nitrogen and oxygen atoms in total. The number of halogens is 2. The van der Waals surface area contributed by atoms with Crippen LogP contribution in [0.25, 0.3) is 39.2 Å². The molecule has 1 aliphatic heterocycles. The molecule has 182 valence electrons. The highest BCUT2D eigenvalue weighted by Gasteiger charge is 2.19. The Hall–Kier alpha value is -4.18. The number of pyridine rings is 2. The van der Waals surface area contributed by atoms with E-state index in [9.17, 15) is 8.78 Å². The highest BCUT2D eigenvalue weighted by Crippen LogP contribution is 2.32. The molecule has 0 bridgehead atoms. The number of aromatic amines is 1. The quantitative estimate of drug-likeness (QED) is 0.408. The predicted molar refractivity (Wildman–Crippen MR) is 134 cm³/mol. The normalized spacial score (nSPS) is 14.9. The molecule has 5 heterocycles. The highest BCUT2D eigenvalue weighted by molar-refractivity contribution is 5.94. The Kier molecular flexibility index (Phi) is 5.65. The third-order valence-electron chi connectivity index (χ3n) is 6.64. The Labute approximate surface area is 206 Å². The molecule has 0 amide bonds. The fraction of sp³-hybridized carbons (Fsp3) is 0.231. The van der Waals surface area contributed by atoms with Crippen LogP contribution in [0.5, 0.6) is 0 Å². The van der Waals surface area contributed by atoms with Crippen molar-refractivity contribution in [1.82, 2.24) is 34.6 Å². The average Bonchev–Trinajstić information content (AvgIpc) is 3.48. The van der Waals surface area contributed by atoms with Crippen LogP contribution in [-0.2, 0) is 0 Å². The Morgan fingerprint density at radius 3 is 2.69 bits per heavy atom. The number of fused-ring (bicyclic) bond motifs is 1. The number of aromatic nitrogens is 6. The molecule has 4 aromatic heterocycles. The molecule has 1 saturated heterocycles. The molecule has 1 N–H and O–H groups in total. The monoisotopic (exact) mass is 486 g/mol. The van der Waals surface area contributed by atoms with Crippen molar-refractivity contribution >= 4 is 16.9 Å². The number of H-pyrrole nitrogens is 1. The van der Waals surface area contributed by atoms with E-state index in [1.165, 1.54) is 23.0 Å². The summed E-state index contributed by atoms with van der Waals surface area (Å²) in [6.45, 7) is 4.06. The predicted octanol–water partition coefficient (Wildman–Crippen LogP) is 4.29. The van der Waals surface area contributed by atoms with Gasteiger partial charge >= 0.3 is 0 Å². The van der Waals surface area contributed by atoms with Crippen LogP contribution in [0, 0.1) is 11.6 Å². The van der Waals surface area contributed by atoms with Gasteiger partial charge in [0.1, 0.15) is 17.8 Å². The van der Waals surface area contributed by atoms with E-state index in [1.807, 2.05) is 18.3 Å². The number of likely N-dealkylation sites (N-methyl/N-ethyl adjacent to an activating group) is 1. The summed E-state index contributed by atoms with van der Waals surface area (Å²) in [6, 6.07) is 10.1. The maximum atomic E-state index is 14.5. The maximum Gasteiger partial charge on any atom is 0.182 e. The van der Waals surface area contributed by atoms with E-state index >= 15 is 0 Å². The molecule has 10 heteroatoms. The van der Waals surface area contributed by atoms with Gasteiger partial charge in [-0.15, -0.1) is 10.2 Å².